The van der Waals surface area contributed by atoms with Crippen LogP contribution in [0.1, 0.15) is 17.0 Å². The van der Waals surface area contributed by atoms with Crippen molar-refractivity contribution in [2.75, 3.05) is 11.9 Å². The minimum Gasteiger partial charge on any atom is -0.370 e. The van der Waals surface area contributed by atoms with Gasteiger partial charge in [-0.3, -0.25) is 0 Å². The van der Waals surface area contributed by atoms with E-state index in [-0.39, 0.29) is 0 Å². The summed E-state index contributed by atoms with van der Waals surface area (Å²) < 4.78 is 1.92. The molecule has 0 bridgehead atoms. The van der Waals surface area contributed by atoms with Crippen LogP contribution in [0, 0.1) is 13.8 Å². The summed E-state index contributed by atoms with van der Waals surface area (Å²) >= 11 is 1.70. The lowest BCUT2D eigenvalue weighted by atomic mass is 10.1. The van der Waals surface area contributed by atoms with Crippen LogP contribution in [0.4, 0.5) is 5.82 Å². The molecule has 30 heavy (non-hydrogen) atoms. The van der Waals surface area contributed by atoms with Crippen molar-refractivity contribution in [3.8, 4) is 16.3 Å². The SMILES string of the molecule is Cc1cc(NCCc2[nH]cnc2-c2cccs2)nc2c1c(C)nn2-c1ccccc1. The van der Waals surface area contributed by atoms with Gasteiger partial charge in [-0.1, -0.05) is 24.3 Å². The van der Waals surface area contributed by atoms with Crippen LogP contribution in [0.25, 0.3) is 27.3 Å². The number of imidazole rings is 1. The average molecular weight is 415 g/mol. The molecule has 0 spiro atoms. The Morgan fingerprint density at radius 2 is 1.97 bits per heavy atom. The van der Waals surface area contributed by atoms with Crippen molar-refractivity contribution in [1.82, 2.24) is 24.7 Å². The minimum absolute atomic E-state index is 0.761. The third-order valence-corrected chi connectivity index (χ3v) is 6.04. The third-order valence-electron chi connectivity index (χ3n) is 5.16. The Bertz CT molecular complexity index is 1280. The number of aromatic amines is 1. The van der Waals surface area contributed by atoms with E-state index < -0.39 is 0 Å². The quantitative estimate of drug-likeness (QED) is 0.403. The fraction of sp³-hybridized carbons (Fsp3) is 0.174. The van der Waals surface area contributed by atoms with E-state index in [9.17, 15) is 0 Å². The molecule has 4 heterocycles. The maximum Gasteiger partial charge on any atom is 0.165 e. The first kappa shape index (κ1) is 18.6. The molecule has 0 radical (unpaired) electrons. The predicted octanol–water partition coefficient (Wildman–Crippen LogP) is 5.14. The summed E-state index contributed by atoms with van der Waals surface area (Å²) in [7, 11) is 0. The fourth-order valence-corrected chi connectivity index (χ4v) is 4.54. The van der Waals surface area contributed by atoms with Crippen molar-refractivity contribution in [3.05, 3.63) is 77.2 Å². The highest BCUT2D eigenvalue weighted by Crippen LogP contribution is 2.27. The van der Waals surface area contributed by atoms with Crippen LogP contribution in [-0.2, 0) is 6.42 Å². The monoisotopic (exact) mass is 414 g/mol. The molecule has 150 valence electrons. The van der Waals surface area contributed by atoms with Gasteiger partial charge in [-0.05, 0) is 49.1 Å². The summed E-state index contributed by atoms with van der Waals surface area (Å²) in [4.78, 5) is 13.8. The normalized spacial score (nSPS) is 11.3. The van der Waals surface area contributed by atoms with Gasteiger partial charge in [0.15, 0.2) is 5.65 Å². The number of pyridine rings is 1. The largest absolute Gasteiger partial charge is 0.370 e. The molecule has 5 rings (SSSR count). The second-order valence-electron chi connectivity index (χ2n) is 7.24. The molecule has 5 aromatic rings. The van der Waals surface area contributed by atoms with Gasteiger partial charge in [0.05, 0.1) is 22.6 Å². The molecule has 2 N–H and O–H groups in total. The lowest BCUT2D eigenvalue weighted by molar-refractivity contribution is 0.877. The molecule has 0 aliphatic heterocycles. The number of benzene rings is 1. The summed E-state index contributed by atoms with van der Waals surface area (Å²) in [5.41, 5.74) is 6.21. The van der Waals surface area contributed by atoms with Crippen LogP contribution in [-0.4, -0.2) is 31.3 Å². The Hall–Kier alpha value is -3.45. The molecular formula is C23H22N6S. The zero-order valence-electron chi connectivity index (χ0n) is 16.9. The van der Waals surface area contributed by atoms with Crippen LogP contribution >= 0.6 is 11.3 Å². The molecule has 0 aliphatic rings. The standard InChI is InChI=1S/C23H22N6S/c1-15-13-20(24-11-10-18-22(26-14-25-18)19-9-6-12-30-19)27-23-21(15)16(2)28-29(23)17-7-4-3-5-8-17/h3-9,12-14H,10-11H2,1-2H3,(H,24,27)(H,25,26). The van der Waals surface area contributed by atoms with Crippen LogP contribution in [0.3, 0.4) is 0 Å². The molecule has 4 aromatic heterocycles. The Balaban J connectivity index is 1.40. The van der Waals surface area contributed by atoms with Gasteiger partial charge in [0.25, 0.3) is 0 Å². The first-order valence-electron chi connectivity index (χ1n) is 9.93. The highest BCUT2D eigenvalue weighted by Gasteiger charge is 2.14. The Morgan fingerprint density at radius 1 is 1.10 bits per heavy atom. The van der Waals surface area contributed by atoms with Gasteiger partial charge in [-0.2, -0.15) is 5.10 Å². The molecule has 0 amide bonds. The highest BCUT2D eigenvalue weighted by molar-refractivity contribution is 7.13. The number of hydrogen-bond donors (Lipinski definition) is 2. The summed E-state index contributed by atoms with van der Waals surface area (Å²) in [6.45, 7) is 4.91. The Morgan fingerprint density at radius 3 is 2.77 bits per heavy atom. The van der Waals surface area contributed by atoms with Crippen molar-refractivity contribution in [2.24, 2.45) is 0 Å². The van der Waals surface area contributed by atoms with E-state index >= 15 is 0 Å². The van der Waals surface area contributed by atoms with Gasteiger partial charge in [0.2, 0.25) is 0 Å². The van der Waals surface area contributed by atoms with Gasteiger partial charge >= 0.3 is 0 Å². The lowest BCUT2D eigenvalue weighted by Gasteiger charge is -2.09. The van der Waals surface area contributed by atoms with Crippen molar-refractivity contribution in [3.63, 3.8) is 0 Å². The zero-order chi connectivity index (χ0) is 20.5. The number of nitrogens with zero attached hydrogens (tertiary/aromatic N) is 4. The number of aromatic nitrogens is 5. The number of thiophene rings is 1. The summed E-state index contributed by atoms with van der Waals surface area (Å²) in [5, 5.41) is 11.4. The number of anilines is 1. The topological polar surface area (TPSA) is 71.4 Å². The number of nitrogens with one attached hydrogen (secondary N) is 2. The molecule has 1 aromatic carbocycles. The van der Waals surface area contributed by atoms with Crippen LogP contribution in [0.2, 0.25) is 0 Å². The average Bonchev–Trinajstić information content (AvgIpc) is 3.49. The van der Waals surface area contributed by atoms with Crippen molar-refractivity contribution >= 4 is 28.2 Å². The van der Waals surface area contributed by atoms with Gasteiger partial charge in [0, 0.05) is 24.0 Å². The second-order valence-corrected chi connectivity index (χ2v) is 8.19. The number of hydrogen-bond acceptors (Lipinski definition) is 5. The molecule has 0 aliphatic carbocycles. The molecule has 0 fully saturated rings. The molecule has 0 saturated carbocycles. The maximum absolute atomic E-state index is 4.89. The smallest absolute Gasteiger partial charge is 0.165 e. The minimum atomic E-state index is 0.761. The van der Waals surface area contributed by atoms with Gasteiger partial charge in [-0.25, -0.2) is 14.6 Å². The molecule has 0 atom stereocenters. The number of H-pyrrole nitrogens is 1. The summed E-state index contributed by atoms with van der Waals surface area (Å²) in [6, 6.07) is 16.4. The van der Waals surface area contributed by atoms with Crippen molar-refractivity contribution < 1.29 is 0 Å². The number of para-hydroxylation sites is 1. The highest BCUT2D eigenvalue weighted by atomic mass is 32.1. The summed E-state index contributed by atoms with van der Waals surface area (Å²) in [6.07, 6.45) is 2.60. The number of fused-ring (bicyclic) bond motifs is 1. The summed E-state index contributed by atoms with van der Waals surface area (Å²) in [5.74, 6) is 0.856. The van der Waals surface area contributed by atoms with E-state index in [0.717, 1.165) is 52.6 Å². The molecular weight excluding hydrogens is 392 g/mol. The Kier molecular flexibility index (Phi) is 4.80. The number of rotatable bonds is 6. The van der Waals surface area contributed by atoms with E-state index in [2.05, 4.69) is 45.8 Å². The van der Waals surface area contributed by atoms with Crippen LogP contribution in [0.5, 0.6) is 0 Å². The molecule has 0 unspecified atom stereocenters. The zero-order valence-corrected chi connectivity index (χ0v) is 17.7. The van der Waals surface area contributed by atoms with E-state index in [0.29, 0.717) is 0 Å². The molecule has 6 nitrogen and oxygen atoms in total. The number of aryl methyl sites for hydroxylation is 2. The van der Waals surface area contributed by atoms with Crippen molar-refractivity contribution in [2.45, 2.75) is 20.3 Å². The van der Waals surface area contributed by atoms with E-state index in [4.69, 9.17) is 10.1 Å². The second kappa shape index (κ2) is 7.76. The third kappa shape index (κ3) is 3.37. The van der Waals surface area contributed by atoms with Crippen molar-refractivity contribution in [1.29, 1.82) is 0 Å². The van der Waals surface area contributed by atoms with E-state index in [1.165, 1.54) is 10.4 Å². The Labute approximate surface area is 178 Å². The predicted molar refractivity (Wildman–Crippen MR) is 122 cm³/mol. The van der Waals surface area contributed by atoms with E-state index in [1.807, 2.05) is 41.9 Å². The maximum atomic E-state index is 4.89. The molecule has 0 saturated heterocycles. The molecule has 7 heteroatoms. The van der Waals surface area contributed by atoms with Gasteiger partial charge in [-0.15, -0.1) is 11.3 Å². The van der Waals surface area contributed by atoms with Gasteiger partial charge in [0.1, 0.15) is 11.5 Å². The van der Waals surface area contributed by atoms with Crippen LogP contribution in [0.15, 0.2) is 60.2 Å². The van der Waals surface area contributed by atoms with Crippen LogP contribution < -0.4 is 5.32 Å². The van der Waals surface area contributed by atoms with Gasteiger partial charge < -0.3 is 10.3 Å². The lowest BCUT2D eigenvalue weighted by Crippen LogP contribution is -2.08. The first-order chi connectivity index (χ1) is 14.7. The first-order valence-corrected chi connectivity index (χ1v) is 10.8. The van der Waals surface area contributed by atoms with E-state index in [1.54, 1.807) is 17.7 Å². The fourth-order valence-electron chi connectivity index (χ4n) is 3.80.